The molecule has 0 saturated carbocycles. The summed E-state index contributed by atoms with van der Waals surface area (Å²) in [7, 11) is 0. The lowest BCUT2D eigenvalue weighted by Crippen LogP contribution is -1.98. The molecular weight excluding hydrogens is 282 g/mol. The summed E-state index contributed by atoms with van der Waals surface area (Å²) in [5.41, 5.74) is 7.72. The molecule has 2 heterocycles. The molecule has 2 N–H and O–H groups in total. The second-order valence-corrected chi connectivity index (χ2v) is 5.39. The molecule has 21 heavy (non-hydrogen) atoms. The van der Waals surface area contributed by atoms with Crippen LogP contribution in [0.1, 0.15) is 5.69 Å². The Bertz CT molecular complexity index is 761. The van der Waals surface area contributed by atoms with Gasteiger partial charge in [0.15, 0.2) is 11.0 Å². The van der Waals surface area contributed by atoms with Crippen LogP contribution in [-0.4, -0.2) is 19.9 Å². The smallest absolute Gasteiger partial charge is 0.194 e. The molecule has 2 aromatic heterocycles. The lowest BCUT2D eigenvalue weighted by atomic mass is 10.2. The molecule has 0 fully saturated rings. The predicted octanol–water partition coefficient (Wildman–Crippen LogP) is 2.98. The molecule has 3 aromatic rings. The highest BCUT2D eigenvalue weighted by molar-refractivity contribution is 7.99. The summed E-state index contributed by atoms with van der Waals surface area (Å²) in [6.07, 6.45) is 1.73. The average molecular weight is 295 g/mol. The van der Waals surface area contributed by atoms with Gasteiger partial charge in [0.1, 0.15) is 10.8 Å². The van der Waals surface area contributed by atoms with Gasteiger partial charge in [-0.2, -0.15) is 0 Å². The maximum absolute atomic E-state index is 5.88. The fraction of sp³-hybridized carbons (Fsp3) is 0.0667. The van der Waals surface area contributed by atoms with Crippen molar-refractivity contribution in [2.24, 2.45) is 0 Å². The van der Waals surface area contributed by atoms with Gasteiger partial charge in [0.05, 0.1) is 0 Å². The lowest BCUT2D eigenvalue weighted by Gasteiger charge is -2.05. The third kappa shape index (κ3) is 3.35. The van der Waals surface area contributed by atoms with Gasteiger partial charge in [0.25, 0.3) is 0 Å². The normalized spacial score (nSPS) is 10.5. The molecule has 104 valence electrons. The monoisotopic (exact) mass is 295 g/mol. The van der Waals surface area contributed by atoms with Crippen molar-refractivity contribution in [3.05, 3.63) is 54.4 Å². The Kier molecular flexibility index (Phi) is 3.79. The fourth-order valence-electron chi connectivity index (χ4n) is 1.78. The summed E-state index contributed by atoms with van der Waals surface area (Å²) < 4.78 is 0. The second kappa shape index (κ2) is 5.88. The van der Waals surface area contributed by atoms with E-state index in [4.69, 9.17) is 5.73 Å². The summed E-state index contributed by atoms with van der Waals surface area (Å²) in [4.78, 5) is 17.4. The van der Waals surface area contributed by atoms with E-state index in [-0.39, 0.29) is 0 Å². The van der Waals surface area contributed by atoms with Crippen LogP contribution in [-0.2, 0) is 0 Å². The first-order valence-electron chi connectivity index (χ1n) is 6.38. The molecule has 0 amide bonds. The van der Waals surface area contributed by atoms with E-state index in [1.165, 1.54) is 11.8 Å². The van der Waals surface area contributed by atoms with Gasteiger partial charge in [-0.15, -0.1) is 0 Å². The highest BCUT2D eigenvalue weighted by Gasteiger charge is 2.08. The van der Waals surface area contributed by atoms with E-state index in [2.05, 4.69) is 19.9 Å². The molecule has 0 aliphatic carbocycles. The van der Waals surface area contributed by atoms with Crippen LogP contribution in [0.3, 0.4) is 0 Å². The molecule has 0 atom stereocenters. The van der Waals surface area contributed by atoms with Crippen molar-refractivity contribution < 1.29 is 0 Å². The topological polar surface area (TPSA) is 77.6 Å². The number of nitrogens with two attached hydrogens (primary N) is 1. The van der Waals surface area contributed by atoms with Gasteiger partial charge in [-0.05, 0) is 24.8 Å². The quantitative estimate of drug-likeness (QED) is 0.591. The maximum atomic E-state index is 5.88. The van der Waals surface area contributed by atoms with Crippen LogP contribution < -0.4 is 5.73 Å². The highest BCUT2D eigenvalue weighted by atomic mass is 32.2. The molecular formula is C15H13N5S. The molecule has 0 spiro atoms. The van der Waals surface area contributed by atoms with E-state index in [9.17, 15) is 0 Å². The number of nitrogen functional groups attached to an aromatic ring is 1. The van der Waals surface area contributed by atoms with Crippen molar-refractivity contribution in [3.8, 4) is 11.4 Å². The SMILES string of the molecule is Cc1ccnc(Sc2cc(N)nc(-c3ccccc3)n2)n1. The standard InChI is InChI=1S/C15H13N5S/c1-10-7-8-17-15(18-10)21-13-9-12(16)19-14(20-13)11-5-3-2-4-6-11/h2-9H,1H3,(H2,16,19,20). The molecule has 0 saturated heterocycles. The Morgan fingerprint density at radius 3 is 2.57 bits per heavy atom. The molecule has 5 nitrogen and oxygen atoms in total. The number of benzene rings is 1. The van der Waals surface area contributed by atoms with Gasteiger partial charge in [-0.25, -0.2) is 19.9 Å². The van der Waals surface area contributed by atoms with E-state index in [1.807, 2.05) is 43.3 Å². The summed E-state index contributed by atoms with van der Waals surface area (Å²) in [5.74, 6) is 1.03. The van der Waals surface area contributed by atoms with Gasteiger partial charge >= 0.3 is 0 Å². The largest absolute Gasteiger partial charge is 0.384 e. The molecule has 3 rings (SSSR count). The number of nitrogens with zero attached hydrogens (tertiary/aromatic N) is 4. The summed E-state index contributed by atoms with van der Waals surface area (Å²) >= 11 is 1.37. The van der Waals surface area contributed by atoms with Gasteiger partial charge < -0.3 is 5.73 Å². The minimum Gasteiger partial charge on any atom is -0.384 e. The van der Waals surface area contributed by atoms with Gasteiger partial charge in [-0.1, -0.05) is 30.3 Å². The van der Waals surface area contributed by atoms with Crippen LogP contribution >= 0.6 is 11.8 Å². The number of hydrogen-bond donors (Lipinski definition) is 1. The van der Waals surface area contributed by atoms with Crippen LogP contribution in [0.25, 0.3) is 11.4 Å². The lowest BCUT2D eigenvalue weighted by molar-refractivity contribution is 0.926. The predicted molar refractivity (Wildman–Crippen MR) is 82.8 cm³/mol. The van der Waals surface area contributed by atoms with Crippen molar-refractivity contribution in [1.29, 1.82) is 0 Å². The Morgan fingerprint density at radius 1 is 1.00 bits per heavy atom. The van der Waals surface area contributed by atoms with Gasteiger partial charge in [0.2, 0.25) is 0 Å². The van der Waals surface area contributed by atoms with Crippen molar-refractivity contribution in [2.45, 2.75) is 17.1 Å². The number of anilines is 1. The van der Waals surface area contributed by atoms with E-state index in [0.29, 0.717) is 16.8 Å². The van der Waals surface area contributed by atoms with Crippen molar-refractivity contribution in [3.63, 3.8) is 0 Å². The van der Waals surface area contributed by atoms with Crippen LogP contribution in [0.15, 0.2) is 58.8 Å². The van der Waals surface area contributed by atoms with Gasteiger partial charge in [0, 0.05) is 23.5 Å². The Labute approximate surface area is 126 Å². The van der Waals surface area contributed by atoms with Crippen LogP contribution in [0.5, 0.6) is 0 Å². The fourth-order valence-corrected chi connectivity index (χ4v) is 2.58. The Balaban J connectivity index is 1.95. The van der Waals surface area contributed by atoms with E-state index in [1.54, 1.807) is 12.3 Å². The first-order valence-corrected chi connectivity index (χ1v) is 7.20. The molecule has 0 aliphatic rings. The first-order chi connectivity index (χ1) is 10.2. The first kappa shape index (κ1) is 13.5. The van der Waals surface area contributed by atoms with Crippen LogP contribution in [0.2, 0.25) is 0 Å². The Hall–Kier alpha value is -2.47. The zero-order chi connectivity index (χ0) is 14.7. The number of aryl methyl sites for hydroxylation is 1. The molecule has 1 aromatic carbocycles. The maximum Gasteiger partial charge on any atom is 0.194 e. The van der Waals surface area contributed by atoms with Gasteiger partial charge in [-0.3, -0.25) is 0 Å². The van der Waals surface area contributed by atoms with Crippen LogP contribution in [0, 0.1) is 6.92 Å². The van der Waals surface area contributed by atoms with Crippen molar-refractivity contribution >= 4 is 17.6 Å². The highest BCUT2D eigenvalue weighted by Crippen LogP contribution is 2.26. The van der Waals surface area contributed by atoms with E-state index < -0.39 is 0 Å². The molecule has 0 bridgehead atoms. The third-order valence-corrected chi connectivity index (χ3v) is 3.52. The summed E-state index contributed by atoms with van der Waals surface area (Å²) in [6, 6.07) is 13.3. The van der Waals surface area contributed by atoms with Crippen molar-refractivity contribution in [2.75, 3.05) is 5.73 Å². The second-order valence-electron chi connectivity index (χ2n) is 4.40. The minimum absolute atomic E-state index is 0.430. The third-order valence-electron chi connectivity index (χ3n) is 2.72. The zero-order valence-electron chi connectivity index (χ0n) is 11.4. The number of aromatic nitrogens is 4. The molecule has 0 aliphatic heterocycles. The van der Waals surface area contributed by atoms with Crippen molar-refractivity contribution in [1.82, 2.24) is 19.9 Å². The summed E-state index contributed by atoms with van der Waals surface area (Å²) in [6.45, 7) is 1.93. The minimum atomic E-state index is 0.430. The average Bonchev–Trinajstić information content (AvgIpc) is 2.47. The molecule has 0 radical (unpaired) electrons. The molecule has 0 unspecified atom stereocenters. The zero-order valence-corrected chi connectivity index (χ0v) is 12.2. The number of hydrogen-bond acceptors (Lipinski definition) is 6. The summed E-state index contributed by atoms with van der Waals surface area (Å²) in [5, 5.41) is 1.37. The van der Waals surface area contributed by atoms with Crippen LogP contribution in [0.4, 0.5) is 5.82 Å². The molecule has 6 heteroatoms. The number of rotatable bonds is 3. The van der Waals surface area contributed by atoms with E-state index >= 15 is 0 Å². The Morgan fingerprint density at radius 2 is 1.81 bits per heavy atom. The van der Waals surface area contributed by atoms with E-state index in [0.717, 1.165) is 16.3 Å².